The van der Waals surface area contributed by atoms with Crippen LogP contribution in [0.3, 0.4) is 0 Å². The Morgan fingerprint density at radius 1 is 1.10 bits per heavy atom. The van der Waals surface area contributed by atoms with Gasteiger partial charge in [0, 0.05) is 18.5 Å². The van der Waals surface area contributed by atoms with Crippen LogP contribution in [0.4, 0.5) is 5.69 Å². The van der Waals surface area contributed by atoms with Crippen LogP contribution in [0, 0.1) is 22.7 Å². The highest BCUT2D eigenvalue weighted by Crippen LogP contribution is 2.29. The minimum absolute atomic E-state index is 0.652. The molecule has 0 atom stereocenters. The van der Waals surface area contributed by atoms with Crippen molar-refractivity contribution in [3.63, 3.8) is 0 Å². The van der Waals surface area contributed by atoms with Crippen molar-refractivity contribution in [2.75, 3.05) is 18.2 Å². The molecular weight excluding hydrogens is 278 g/mol. The topological polar surface area (TPSA) is 50.8 Å². The molecule has 0 amide bonds. The molecule has 3 nitrogen and oxygen atoms in total. The van der Waals surface area contributed by atoms with Crippen molar-refractivity contribution in [3.05, 3.63) is 59.2 Å². The summed E-state index contributed by atoms with van der Waals surface area (Å²) in [4.78, 5) is 3.02. The Bertz CT molecular complexity index is 726. The van der Waals surface area contributed by atoms with E-state index >= 15 is 0 Å². The van der Waals surface area contributed by atoms with Crippen molar-refractivity contribution in [2.45, 2.75) is 11.4 Å². The summed E-state index contributed by atoms with van der Waals surface area (Å²) < 4.78 is 0. The van der Waals surface area contributed by atoms with Gasteiger partial charge >= 0.3 is 0 Å². The van der Waals surface area contributed by atoms with Crippen LogP contribution in [0.1, 0.15) is 16.7 Å². The van der Waals surface area contributed by atoms with Crippen molar-refractivity contribution in [1.82, 2.24) is 0 Å². The van der Waals surface area contributed by atoms with Gasteiger partial charge in [0.05, 0.1) is 22.9 Å². The third-order valence-electron chi connectivity index (χ3n) is 3.22. The Kier molecular flexibility index (Phi) is 4.87. The maximum atomic E-state index is 9.39. The van der Waals surface area contributed by atoms with Gasteiger partial charge in [0.15, 0.2) is 0 Å². The lowest BCUT2D eigenvalue weighted by atomic mass is 10.1. The van der Waals surface area contributed by atoms with Crippen LogP contribution in [-0.4, -0.2) is 13.3 Å². The zero-order chi connectivity index (χ0) is 15.2. The van der Waals surface area contributed by atoms with E-state index in [4.69, 9.17) is 5.26 Å². The molecule has 0 bridgehead atoms. The summed E-state index contributed by atoms with van der Waals surface area (Å²) in [6.45, 7) is 0.655. The Balaban J connectivity index is 2.31. The van der Waals surface area contributed by atoms with E-state index in [1.54, 1.807) is 17.8 Å². The highest BCUT2D eigenvalue weighted by Gasteiger charge is 2.11. The van der Waals surface area contributed by atoms with E-state index in [0.29, 0.717) is 17.7 Å². The average molecular weight is 293 g/mol. The maximum Gasteiger partial charge on any atom is 0.103 e. The standard InChI is InChI=1S/C17H15N3S/c1-20(12-14-6-3-5-13(9-14)10-18)16-7-4-8-17(21-2)15(16)11-19/h3-9H,12H2,1-2H3. The highest BCUT2D eigenvalue weighted by atomic mass is 32.2. The van der Waals surface area contributed by atoms with Crippen molar-refractivity contribution in [1.29, 1.82) is 10.5 Å². The Morgan fingerprint density at radius 2 is 1.86 bits per heavy atom. The summed E-state index contributed by atoms with van der Waals surface area (Å²) in [6, 6.07) is 17.8. The van der Waals surface area contributed by atoms with E-state index in [1.165, 1.54) is 0 Å². The van der Waals surface area contributed by atoms with Crippen LogP contribution in [-0.2, 0) is 6.54 Å². The largest absolute Gasteiger partial charge is 0.369 e. The first-order valence-corrected chi connectivity index (χ1v) is 7.69. The minimum atomic E-state index is 0.652. The van der Waals surface area contributed by atoms with Crippen molar-refractivity contribution in [3.8, 4) is 12.1 Å². The van der Waals surface area contributed by atoms with Gasteiger partial charge in [0.25, 0.3) is 0 Å². The monoisotopic (exact) mass is 293 g/mol. The van der Waals surface area contributed by atoms with Gasteiger partial charge in [0.2, 0.25) is 0 Å². The number of anilines is 1. The molecule has 2 aromatic carbocycles. The molecule has 0 aliphatic rings. The van der Waals surface area contributed by atoms with Gasteiger partial charge < -0.3 is 4.90 Å². The normalized spacial score (nSPS) is 9.71. The molecule has 0 spiro atoms. The molecule has 0 unspecified atom stereocenters. The van der Waals surface area contributed by atoms with Crippen LogP contribution in [0.5, 0.6) is 0 Å². The third-order valence-corrected chi connectivity index (χ3v) is 4.00. The molecular formula is C17H15N3S. The number of thioether (sulfide) groups is 1. The quantitative estimate of drug-likeness (QED) is 0.805. The molecule has 2 rings (SSSR count). The zero-order valence-electron chi connectivity index (χ0n) is 12.0. The molecule has 0 heterocycles. The van der Waals surface area contributed by atoms with E-state index in [0.717, 1.165) is 16.1 Å². The van der Waals surface area contributed by atoms with Gasteiger partial charge in [-0.1, -0.05) is 18.2 Å². The lowest BCUT2D eigenvalue weighted by molar-refractivity contribution is 0.917. The molecule has 0 N–H and O–H groups in total. The molecule has 0 radical (unpaired) electrons. The smallest absolute Gasteiger partial charge is 0.103 e. The second-order valence-electron chi connectivity index (χ2n) is 4.63. The predicted molar refractivity (Wildman–Crippen MR) is 86.2 cm³/mol. The fourth-order valence-corrected chi connectivity index (χ4v) is 2.79. The van der Waals surface area contributed by atoms with Gasteiger partial charge in [-0.3, -0.25) is 0 Å². The van der Waals surface area contributed by atoms with Crippen LogP contribution >= 0.6 is 11.8 Å². The molecule has 104 valence electrons. The molecule has 4 heteroatoms. The summed E-state index contributed by atoms with van der Waals surface area (Å²) in [5.74, 6) is 0. The van der Waals surface area contributed by atoms with Crippen LogP contribution < -0.4 is 4.90 Å². The summed E-state index contributed by atoms with van der Waals surface area (Å²) in [5.41, 5.74) is 3.31. The van der Waals surface area contributed by atoms with E-state index in [-0.39, 0.29) is 0 Å². The molecule has 2 aromatic rings. The van der Waals surface area contributed by atoms with Gasteiger partial charge in [-0.25, -0.2) is 0 Å². The van der Waals surface area contributed by atoms with E-state index in [2.05, 4.69) is 12.1 Å². The fourth-order valence-electron chi connectivity index (χ4n) is 2.22. The average Bonchev–Trinajstić information content (AvgIpc) is 2.53. The zero-order valence-corrected chi connectivity index (χ0v) is 12.8. The van der Waals surface area contributed by atoms with Gasteiger partial charge in [-0.15, -0.1) is 11.8 Å². The predicted octanol–water partition coefficient (Wildman–Crippen LogP) is 3.79. The third kappa shape index (κ3) is 3.37. The fraction of sp³-hybridized carbons (Fsp3) is 0.176. The molecule has 0 saturated heterocycles. The van der Waals surface area contributed by atoms with Crippen LogP contribution in [0.25, 0.3) is 0 Å². The van der Waals surface area contributed by atoms with Crippen LogP contribution in [0.15, 0.2) is 47.4 Å². The summed E-state index contributed by atoms with van der Waals surface area (Å²) in [6.07, 6.45) is 1.97. The van der Waals surface area contributed by atoms with Crippen molar-refractivity contribution >= 4 is 17.4 Å². The van der Waals surface area contributed by atoms with Crippen molar-refractivity contribution in [2.24, 2.45) is 0 Å². The number of nitrogens with zero attached hydrogens (tertiary/aromatic N) is 3. The Labute approximate surface area is 129 Å². The molecule has 0 aliphatic carbocycles. The molecule has 0 aromatic heterocycles. The molecule has 0 saturated carbocycles. The first-order chi connectivity index (χ1) is 10.2. The number of hydrogen-bond donors (Lipinski definition) is 0. The number of benzene rings is 2. The van der Waals surface area contributed by atoms with Crippen LogP contribution in [0.2, 0.25) is 0 Å². The molecule has 21 heavy (non-hydrogen) atoms. The second-order valence-corrected chi connectivity index (χ2v) is 5.48. The number of rotatable bonds is 4. The minimum Gasteiger partial charge on any atom is -0.369 e. The first kappa shape index (κ1) is 15.0. The number of nitriles is 2. The van der Waals surface area contributed by atoms with E-state index in [1.807, 2.05) is 54.6 Å². The molecule has 0 fully saturated rings. The van der Waals surface area contributed by atoms with E-state index in [9.17, 15) is 5.26 Å². The van der Waals surface area contributed by atoms with Gasteiger partial charge in [-0.2, -0.15) is 10.5 Å². The summed E-state index contributed by atoms with van der Waals surface area (Å²) in [5, 5.41) is 18.3. The van der Waals surface area contributed by atoms with Gasteiger partial charge in [-0.05, 0) is 36.1 Å². The maximum absolute atomic E-state index is 9.39. The Hall–Kier alpha value is -2.43. The molecule has 0 aliphatic heterocycles. The van der Waals surface area contributed by atoms with E-state index < -0.39 is 0 Å². The second kappa shape index (κ2) is 6.83. The first-order valence-electron chi connectivity index (χ1n) is 6.47. The Morgan fingerprint density at radius 3 is 2.52 bits per heavy atom. The lowest BCUT2D eigenvalue weighted by Crippen LogP contribution is -2.17. The highest BCUT2D eigenvalue weighted by molar-refractivity contribution is 7.98. The SMILES string of the molecule is CSc1cccc(N(C)Cc2cccc(C#N)c2)c1C#N. The van der Waals surface area contributed by atoms with Crippen molar-refractivity contribution < 1.29 is 0 Å². The lowest BCUT2D eigenvalue weighted by Gasteiger charge is -2.21. The van der Waals surface area contributed by atoms with Gasteiger partial charge in [0.1, 0.15) is 6.07 Å². The number of hydrogen-bond acceptors (Lipinski definition) is 4. The summed E-state index contributed by atoms with van der Waals surface area (Å²) in [7, 11) is 1.96. The summed E-state index contributed by atoms with van der Waals surface area (Å²) >= 11 is 1.57.